The fourth-order valence-corrected chi connectivity index (χ4v) is 3.02. The van der Waals surface area contributed by atoms with Crippen molar-refractivity contribution in [2.45, 2.75) is 38.5 Å². The average molecular weight is 326 g/mol. The van der Waals surface area contributed by atoms with Gasteiger partial charge in [-0.05, 0) is 49.1 Å². The van der Waals surface area contributed by atoms with Crippen LogP contribution in [0.3, 0.4) is 0 Å². The number of hydrogen-bond donors (Lipinski definition) is 3. The van der Waals surface area contributed by atoms with Crippen molar-refractivity contribution in [3.8, 4) is 0 Å². The van der Waals surface area contributed by atoms with E-state index < -0.39 is 5.91 Å². The minimum atomic E-state index is -0.475. The average Bonchev–Trinajstić information content (AvgIpc) is 2.48. The fourth-order valence-electron chi connectivity index (χ4n) is 3.02. The molecule has 1 fully saturated rings. The van der Waals surface area contributed by atoms with Gasteiger partial charge in [0.2, 0.25) is 11.8 Å². The Morgan fingerprint density at radius 3 is 2.18 bits per heavy atom. The van der Waals surface area contributed by atoms with Gasteiger partial charge >= 0.3 is 0 Å². The van der Waals surface area contributed by atoms with Crippen LogP contribution >= 0.6 is 12.4 Å². The van der Waals surface area contributed by atoms with Crippen molar-refractivity contribution in [2.75, 3.05) is 11.9 Å². The van der Waals surface area contributed by atoms with Crippen LogP contribution in [0.5, 0.6) is 0 Å². The van der Waals surface area contributed by atoms with Gasteiger partial charge in [-0.25, -0.2) is 0 Å². The maximum atomic E-state index is 12.2. The lowest BCUT2D eigenvalue weighted by molar-refractivity contribution is -0.118. The van der Waals surface area contributed by atoms with Crippen LogP contribution in [0.25, 0.3) is 0 Å². The summed E-state index contributed by atoms with van der Waals surface area (Å²) in [5, 5.41) is 2.87. The fraction of sp³-hybridized carbons (Fsp3) is 0.500. The van der Waals surface area contributed by atoms with E-state index in [-0.39, 0.29) is 23.7 Å². The second-order valence-electron chi connectivity index (χ2n) is 5.93. The third kappa shape index (κ3) is 4.71. The monoisotopic (exact) mass is 325 g/mol. The van der Waals surface area contributed by atoms with Crippen LogP contribution < -0.4 is 16.8 Å². The molecule has 1 aromatic rings. The minimum Gasteiger partial charge on any atom is -0.366 e. The third-order valence-corrected chi connectivity index (χ3v) is 4.34. The van der Waals surface area contributed by atoms with Crippen molar-refractivity contribution in [1.29, 1.82) is 0 Å². The molecule has 0 spiro atoms. The van der Waals surface area contributed by atoms with Crippen molar-refractivity contribution in [2.24, 2.45) is 16.9 Å². The summed E-state index contributed by atoms with van der Waals surface area (Å²) in [4.78, 5) is 23.2. The Morgan fingerprint density at radius 2 is 1.68 bits per heavy atom. The molecule has 1 aromatic carbocycles. The van der Waals surface area contributed by atoms with Gasteiger partial charge in [-0.15, -0.1) is 12.4 Å². The van der Waals surface area contributed by atoms with Crippen molar-refractivity contribution in [1.82, 2.24) is 0 Å². The van der Waals surface area contributed by atoms with Gasteiger partial charge in [0, 0.05) is 17.7 Å². The number of carbonyl (C=O) groups is 2. The number of nitrogens with two attached hydrogens (primary N) is 2. The van der Waals surface area contributed by atoms with Crippen molar-refractivity contribution < 1.29 is 9.59 Å². The Labute approximate surface area is 137 Å². The Balaban J connectivity index is 0.00000242. The molecular weight excluding hydrogens is 302 g/mol. The van der Waals surface area contributed by atoms with E-state index in [1.54, 1.807) is 24.3 Å². The number of halogens is 1. The van der Waals surface area contributed by atoms with Crippen molar-refractivity contribution >= 4 is 29.9 Å². The summed E-state index contributed by atoms with van der Waals surface area (Å²) in [6.45, 7) is 0.557. The van der Waals surface area contributed by atoms with Crippen LogP contribution in [-0.2, 0) is 4.79 Å². The van der Waals surface area contributed by atoms with E-state index >= 15 is 0 Å². The topological polar surface area (TPSA) is 98.2 Å². The Morgan fingerprint density at radius 1 is 1.09 bits per heavy atom. The molecule has 0 bridgehead atoms. The van der Waals surface area contributed by atoms with Gasteiger partial charge in [0.1, 0.15) is 0 Å². The highest BCUT2D eigenvalue weighted by molar-refractivity contribution is 5.94. The first-order valence-electron chi connectivity index (χ1n) is 7.44. The molecule has 0 aliphatic heterocycles. The maximum absolute atomic E-state index is 12.2. The van der Waals surface area contributed by atoms with Crippen LogP contribution in [0.15, 0.2) is 24.3 Å². The van der Waals surface area contributed by atoms with Gasteiger partial charge < -0.3 is 16.8 Å². The maximum Gasteiger partial charge on any atom is 0.248 e. The number of hydrogen-bond acceptors (Lipinski definition) is 3. The van der Waals surface area contributed by atoms with Gasteiger partial charge in [-0.1, -0.05) is 19.3 Å². The molecule has 5 N–H and O–H groups in total. The molecule has 1 aliphatic rings. The highest BCUT2D eigenvalue weighted by atomic mass is 35.5. The van der Waals surface area contributed by atoms with Crippen LogP contribution in [0.2, 0.25) is 0 Å². The van der Waals surface area contributed by atoms with Gasteiger partial charge in [0.15, 0.2) is 0 Å². The second kappa shape index (κ2) is 8.15. The summed E-state index contributed by atoms with van der Waals surface area (Å²) in [6.07, 6.45) is 6.05. The molecule has 0 atom stereocenters. The molecule has 0 radical (unpaired) electrons. The first-order valence-corrected chi connectivity index (χ1v) is 7.44. The summed E-state index contributed by atoms with van der Waals surface area (Å²) < 4.78 is 0. The summed E-state index contributed by atoms with van der Waals surface area (Å²) in [7, 11) is 0. The Hall–Kier alpha value is -1.59. The predicted molar refractivity (Wildman–Crippen MR) is 90.0 cm³/mol. The first-order chi connectivity index (χ1) is 10.0. The second-order valence-corrected chi connectivity index (χ2v) is 5.93. The van der Waals surface area contributed by atoms with Crippen LogP contribution in [-0.4, -0.2) is 18.4 Å². The van der Waals surface area contributed by atoms with E-state index in [1.807, 2.05) is 0 Å². The molecule has 5 nitrogen and oxygen atoms in total. The molecule has 0 unspecified atom stereocenters. The zero-order valence-corrected chi connectivity index (χ0v) is 13.5. The highest BCUT2D eigenvalue weighted by Gasteiger charge is 2.32. The van der Waals surface area contributed by atoms with E-state index in [2.05, 4.69) is 5.32 Å². The van der Waals surface area contributed by atoms with Crippen molar-refractivity contribution in [3.05, 3.63) is 29.8 Å². The molecule has 122 valence electrons. The molecule has 1 saturated carbocycles. The summed E-state index contributed by atoms with van der Waals surface area (Å²) >= 11 is 0. The molecule has 22 heavy (non-hydrogen) atoms. The van der Waals surface area contributed by atoms with E-state index in [1.165, 1.54) is 6.42 Å². The molecule has 0 aromatic heterocycles. The van der Waals surface area contributed by atoms with E-state index in [0.717, 1.165) is 25.7 Å². The molecule has 1 aliphatic carbocycles. The van der Waals surface area contributed by atoms with E-state index in [4.69, 9.17) is 11.5 Å². The lowest BCUT2D eigenvalue weighted by Crippen LogP contribution is -2.36. The molecule has 2 rings (SSSR count). The van der Waals surface area contributed by atoms with Gasteiger partial charge in [0.05, 0.1) is 0 Å². The summed E-state index contributed by atoms with van der Waals surface area (Å²) in [5.74, 6) is -0.494. The van der Waals surface area contributed by atoms with Gasteiger partial charge in [0.25, 0.3) is 0 Å². The summed E-state index contributed by atoms with van der Waals surface area (Å²) in [5.41, 5.74) is 12.1. The molecular formula is C16H24ClN3O2. The molecule has 6 heteroatoms. The summed E-state index contributed by atoms with van der Waals surface area (Å²) in [6, 6.07) is 6.59. The van der Waals surface area contributed by atoms with E-state index in [9.17, 15) is 9.59 Å². The van der Waals surface area contributed by atoms with E-state index in [0.29, 0.717) is 24.2 Å². The molecule has 0 saturated heterocycles. The number of nitrogens with one attached hydrogen (secondary N) is 1. The minimum absolute atomic E-state index is 0. The molecule has 0 heterocycles. The smallest absolute Gasteiger partial charge is 0.248 e. The van der Waals surface area contributed by atoms with Gasteiger partial charge in [-0.3, -0.25) is 9.59 Å². The van der Waals surface area contributed by atoms with Crippen LogP contribution in [0.1, 0.15) is 48.9 Å². The number of carbonyl (C=O) groups excluding carboxylic acids is 2. The number of benzene rings is 1. The predicted octanol–water partition coefficient (Wildman–Crippen LogP) is 2.45. The normalized spacial score (nSPS) is 16.4. The SMILES string of the molecule is Cl.NCC1(CC(=O)Nc2ccc(C(N)=O)cc2)CCCCC1. The number of anilines is 1. The molecule has 2 amide bonds. The number of amides is 2. The highest BCUT2D eigenvalue weighted by Crippen LogP contribution is 2.38. The van der Waals surface area contributed by atoms with Gasteiger partial charge in [-0.2, -0.15) is 0 Å². The number of primary amides is 1. The largest absolute Gasteiger partial charge is 0.366 e. The first kappa shape index (κ1) is 18.5. The zero-order chi connectivity index (χ0) is 15.3. The third-order valence-electron chi connectivity index (χ3n) is 4.34. The van der Waals surface area contributed by atoms with Crippen LogP contribution in [0, 0.1) is 5.41 Å². The van der Waals surface area contributed by atoms with Crippen molar-refractivity contribution in [3.63, 3.8) is 0 Å². The number of rotatable bonds is 5. The zero-order valence-electron chi connectivity index (χ0n) is 12.6. The Kier molecular flexibility index (Phi) is 6.84. The lowest BCUT2D eigenvalue weighted by Gasteiger charge is -2.35. The van der Waals surface area contributed by atoms with Crippen LogP contribution in [0.4, 0.5) is 5.69 Å². The quantitative estimate of drug-likeness (QED) is 0.775. The lowest BCUT2D eigenvalue weighted by atomic mass is 9.71. The standard InChI is InChI=1S/C16H23N3O2.ClH/c17-11-16(8-2-1-3-9-16)10-14(20)19-13-6-4-12(5-7-13)15(18)21;/h4-7H,1-3,8-11,17H2,(H2,18,21)(H,19,20);1H. The Bertz CT molecular complexity index is 511.